The first kappa shape index (κ1) is 17.3. The molecule has 2 atom stereocenters. The molecule has 0 amide bonds. The summed E-state index contributed by atoms with van der Waals surface area (Å²) in [5.41, 5.74) is 6.09. The van der Waals surface area contributed by atoms with Crippen LogP contribution in [0.25, 0.3) is 0 Å². The van der Waals surface area contributed by atoms with E-state index in [9.17, 15) is 4.79 Å². The van der Waals surface area contributed by atoms with Crippen molar-refractivity contribution in [1.29, 1.82) is 0 Å². The number of ketones is 1. The zero-order chi connectivity index (χ0) is 15.1. The van der Waals surface area contributed by atoms with Crippen LogP contribution in [-0.2, 0) is 0 Å². The fourth-order valence-electron chi connectivity index (χ4n) is 1.94. The second-order valence-electron chi connectivity index (χ2n) is 4.61. The summed E-state index contributed by atoms with van der Waals surface area (Å²) in [4.78, 5) is 12.5. The minimum absolute atomic E-state index is 0.0513. The minimum Gasteiger partial charge on any atom is -0.376 e. The van der Waals surface area contributed by atoms with Crippen molar-refractivity contribution in [2.75, 3.05) is 0 Å². The molecule has 0 saturated heterocycles. The topological polar surface area (TPSA) is 55.1 Å². The summed E-state index contributed by atoms with van der Waals surface area (Å²) in [5, 5.41) is 3.70. The molecular formula is C14H19ClN2OS2. The quantitative estimate of drug-likeness (QED) is 0.408. The minimum atomic E-state index is -0.456. The van der Waals surface area contributed by atoms with E-state index in [-0.39, 0.29) is 16.1 Å². The van der Waals surface area contributed by atoms with Crippen molar-refractivity contribution in [3.8, 4) is 0 Å². The smallest absolute Gasteiger partial charge is 0.185 e. The molecule has 110 valence electrons. The number of hydrogen-bond acceptors (Lipinski definition) is 3. The van der Waals surface area contributed by atoms with Crippen molar-refractivity contribution in [1.82, 2.24) is 5.32 Å². The van der Waals surface area contributed by atoms with Crippen molar-refractivity contribution in [3.63, 3.8) is 0 Å². The number of benzene rings is 1. The molecule has 0 aliphatic heterocycles. The van der Waals surface area contributed by atoms with Gasteiger partial charge in [-0.2, -0.15) is 12.6 Å². The summed E-state index contributed by atoms with van der Waals surface area (Å²) in [6, 6.07) is 6.33. The number of nitrogens with two attached hydrogens (primary N) is 1. The van der Waals surface area contributed by atoms with Crippen LogP contribution in [0.3, 0.4) is 0 Å². The Morgan fingerprint density at radius 1 is 1.45 bits per heavy atom. The number of thiol groups is 1. The number of Topliss-reactive ketones (excluding diaryl/α,β-unsaturated/α-hetero) is 1. The van der Waals surface area contributed by atoms with Crippen LogP contribution in [0.1, 0.15) is 36.5 Å². The van der Waals surface area contributed by atoms with E-state index in [0.717, 1.165) is 12.8 Å². The lowest BCUT2D eigenvalue weighted by molar-refractivity contribution is 0.0947. The van der Waals surface area contributed by atoms with Crippen LogP contribution in [-0.4, -0.2) is 22.2 Å². The van der Waals surface area contributed by atoms with Crippen LogP contribution in [0.2, 0.25) is 5.02 Å². The Labute approximate surface area is 135 Å². The molecular weight excluding hydrogens is 312 g/mol. The number of hydrogen-bond donors (Lipinski definition) is 3. The zero-order valence-electron chi connectivity index (χ0n) is 11.3. The number of halogens is 1. The van der Waals surface area contributed by atoms with Crippen LogP contribution in [0, 0.1) is 0 Å². The number of carbonyl (C=O) groups is 1. The Kier molecular flexibility index (Phi) is 7.34. The molecule has 0 fully saturated rings. The van der Waals surface area contributed by atoms with Crippen molar-refractivity contribution < 1.29 is 4.79 Å². The summed E-state index contributed by atoms with van der Waals surface area (Å²) in [7, 11) is 0. The second-order valence-corrected chi connectivity index (χ2v) is 6.22. The van der Waals surface area contributed by atoms with E-state index in [4.69, 9.17) is 29.6 Å². The van der Waals surface area contributed by atoms with E-state index in [1.807, 2.05) is 0 Å². The summed E-state index contributed by atoms with van der Waals surface area (Å²) < 4.78 is 0. The molecule has 6 heteroatoms. The van der Waals surface area contributed by atoms with E-state index < -0.39 is 6.04 Å². The average Bonchev–Trinajstić information content (AvgIpc) is 2.38. The van der Waals surface area contributed by atoms with E-state index in [1.54, 1.807) is 24.3 Å². The van der Waals surface area contributed by atoms with Gasteiger partial charge in [0.15, 0.2) is 10.9 Å². The lowest BCUT2D eigenvalue weighted by atomic mass is 9.98. The predicted octanol–water partition coefficient (Wildman–Crippen LogP) is 3.21. The highest BCUT2D eigenvalue weighted by Crippen LogP contribution is 2.17. The highest BCUT2D eigenvalue weighted by Gasteiger charge is 2.22. The average molecular weight is 331 g/mol. The third-order valence-electron chi connectivity index (χ3n) is 2.89. The third-order valence-corrected chi connectivity index (χ3v) is 3.73. The Balaban J connectivity index is 2.83. The molecule has 3 N–H and O–H groups in total. The lowest BCUT2D eigenvalue weighted by Gasteiger charge is -2.21. The maximum atomic E-state index is 12.5. The maximum absolute atomic E-state index is 12.5. The standard InChI is InChI=1S/C14H19ClN2OS2/c1-2-3-11(19)8-12(17-14(16)20)13(18)9-4-6-10(15)7-5-9/h4-7,11-12,19H,2-3,8H2,1H3,(H3,16,17,20). The second kappa shape index (κ2) is 8.49. The summed E-state index contributed by atoms with van der Waals surface area (Å²) in [6.07, 6.45) is 2.53. The molecule has 0 aliphatic rings. The van der Waals surface area contributed by atoms with E-state index >= 15 is 0 Å². The van der Waals surface area contributed by atoms with Gasteiger partial charge < -0.3 is 11.1 Å². The monoisotopic (exact) mass is 330 g/mol. The van der Waals surface area contributed by atoms with Gasteiger partial charge in [0.25, 0.3) is 0 Å². The number of thiocarbonyl (C=S) groups is 1. The van der Waals surface area contributed by atoms with Gasteiger partial charge >= 0.3 is 0 Å². The van der Waals surface area contributed by atoms with Crippen molar-refractivity contribution in [3.05, 3.63) is 34.9 Å². The van der Waals surface area contributed by atoms with E-state index in [1.165, 1.54) is 0 Å². The number of carbonyl (C=O) groups excluding carboxylic acids is 1. The molecule has 0 radical (unpaired) electrons. The fourth-order valence-corrected chi connectivity index (χ4v) is 2.68. The number of nitrogens with one attached hydrogen (secondary N) is 1. The Bertz CT molecular complexity index is 465. The van der Waals surface area contributed by atoms with Crippen LogP contribution < -0.4 is 11.1 Å². The highest BCUT2D eigenvalue weighted by molar-refractivity contribution is 7.81. The maximum Gasteiger partial charge on any atom is 0.185 e. The normalized spacial score (nSPS) is 13.6. The van der Waals surface area contributed by atoms with Gasteiger partial charge in [-0.3, -0.25) is 4.79 Å². The third kappa shape index (κ3) is 5.69. The predicted molar refractivity (Wildman–Crippen MR) is 91.8 cm³/mol. The van der Waals surface area contributed by atoms with Gasteiger partial charge in [-0.05, 0) is 49.3 Å². The molecule has 0 spiro atoms. The van der Waals surface area contributed by atoms with Gasteiger partial charge in [-0.15, -0.1) is 0 Å². The first-order valence-corrected chi connectivity index (χ1v) is 7.78. The van der Waals surface area contributed by atoms with Crippen LogP contribution in [0.5, 0.6) is 0 Å². The molecule has 1 aromatic carbocycles. The van der Waals surface area contributed by atoms with Gasteiger partial charge in [0.1, 0.15) is 0 Å². The SMILES string of the molecule is CCCC(S)CC(NC(N)=S)C(=O)c1ccc(Cl)cc1. The first-order chi connectivity index (χ1) is 9.43. The summed E-state index contributed by atoms with van der Waals surface area (Å²) in [6.45, 7) is 2.08. The molecule has 1 rings (SSSR count). The molecule has 1 aromatic rings. The zero-order valence-corrected chi connectivity index (χ0v) is 13.8. The van der Waals surface area contributed by atoms with Crippen molar-refractivity contribution in [2.45, 2.75) is 37.5 Å². The first-order valence-electron chi connectivity index (χ1n) is 6.47. The van der Waals surface area contributed by atoms with Gasteiger partial charge in [-0.25, -0.2) is 0 Å². The Morgan fingerprint density at radius 2 is 2.05 bits per heavy atom. The van der Waals surface area contributed by atoms with Gasteiger partial charge in [0, 0.05) is 15.8 Å². The molecule has 20 heavy (non-hydrogen) atoms. The van der Waals surface area contributed by atoms with Crippen molar-refractivity contribution >= 4 is 47.3 Å². The molecule has 2 unspecified atom stereocenters. The number of rotatable bonds is 7. The van der Waals surface area contributed by atoms with Gasteiger partial charge in [0.05, 0.1) is 6.04 Å². The molecule has 0 bridgehead atoms. The highest BCUT2D eigenvalue weighted by atomic mass is 35.5. The molecule has 0 aromatic heterocycles. The molecule has 0 aliphatic carbocycles. The molecule has 0 saturated carbocycles. The van der Waals surface area contributed by atoms with Crippen molar-refractivity contribution in [2.24, 2.45) is 5.73 Å². The summed E-state index contributed by atoms with van der Waals surface area (Å²) in [5.74, 6) is -0.0513. The summed E-state index contributed by atoms with van der Waals surface area (Å²) >= 11 is 15.2. The largest absolute Gasteiger partial charge is 0.376 e. The molecule has 3 nitrogen and oxygen atoms in total. The molecule has 0 heterocycles. The van der Waals surface area contributed by atoms with Crippen LogP contribution in [0.4, 0.5) is 0 Å². The Morgan fingerprint density at radius 3 is 2.55 bits per heavy atom. The van der Waals surface area contributed by atoms with E-state index in [2.05, 4.69) is 24.9 Å². The van der Waals surface area contributed by atoms with Gasteiger partial charge in [0.2, 0.25) is 0 Å². The van der Waals surface area contributed by atoms with Gasteiger partial charge in [-0.1, -0.05) is 24.9 Å². The Hall–Kier alpha value is -0.780. The lowest BCUT2D eigenvalue weighted by Crippen LogP contribution is -2.44. The van der Waals surface area contributed by atoms with Crippen LogP contribution in [0.15, 0.2) is 24.3 Å². The van der Waals surface area contributed by atoms with Crippen LogP contribution >= 0.6 is 36.4 Å². The fraction of sp³-hybridized carbons (Fsp3) is 0.429. The van der Waals surface area contributed by atoms with E-state index in [0.29, 0.717) is 17.0 Å².